The van der Waals surface area contributed by atoms with E-state index in [0.717, 1.165) is 64.4 Å². The van der Waals surface area contributed by atoms with Crippen LogP contribution < -0.4 is 0 Å². The molecule has 1 aromatic heterocycles. The summed E-state index contributed by atoms with van der Waals surface area (Å²) in [4.78, 5) is 12.8. The van der Waals surface area contributed by atoms with E-state index in [2.05, 4.69) is 17.5 Å². The Labute approximate surface area is 200 Å². The van der Waals surface area contributed by atoms with Gasteiger partial charge in [0, 0.05) is 36.9 Å². The monoisotopic (exact) mass is 482 g/mol. The Balaban J connectivity index is 1.42. The van der Waals surface area contributed by atoms with E-state index in [4.69, 9.17) is 18.9 Å². The standard InChI is InChI=1S/C25H38O7S/c26-21-16-22(32-25-8-2-4-12-30-25)19(20(21)15-23(27)28)10-9-17(14-18-6-5-13-33-18)31-24-7-1-3-11-29-24/h5-6,13,17,19-22,24-26H,1-4,7-12,14-16H2,(H,27,28). The number of aliphatic hydroxyl groups is 1. The second-order valence-corrected chi connectivity index (χ2v) is 10.6. The predicted octanol–water partition coefficient (Wildman–Crippen LogP) is 4.37. The van der Waals surface area contributed by atoms with Crippen LogP contribution in [0.2, 0.25) is 0 Å². The number of hydrogen-bond donors (Lipinski definition) is 2. The maximum atomic E-state index is 11.5. The molecule has 2 aliphatic heterocycles. The van der Waals surface area contributed by atoms with Crippen molar-refractivity contribution in [2.75, 3.05) is 13.2 Å². The third-order valence-corrected chi connectivity index (χ3v) is 8.08. The topological polar surface area (TPSA) is 94.5 Å². The number of carboxylic acids is 1. The zero-order valence-corrected chi connectivity index (χ0v) is 20.1. The molecule has 0 amide bonds. The number of hydrogen-bond acceptors (Lipinski definition) is 7. The highest BCUT2D eigenvalue weighted by Gasteiger charge is 2.45. The number of ether oxygens (including phenoxy) is 4. The first-order chi connectivity index (χ1) is 16.1. The van der Waals surface area contributed by atoms with E-state index in [1.165, 1.54) is 4.88 Å². The van der Waals surface area contributed by atoms with E-state index in [1.807, 2.05) is 0 Å². The van der Waals surface area contributed by atoms with Crippen molar-refractivity contribution in [2.24, 2.45) is 11.8 Å². The van der Waals surface area contributed by atoms with Gasteiger partial charge in [0.25, 0.3) is 0 Å². The molecule has 3 aliphatic rings. The highest BCUT2D eigenvalue weighted by molar-refractivity contribution is 7.09. The lowest BCUT2D eigenvalue weighted by Gasteiger charge is -2.32. The van der Waals surface area contributed by atoms with Crippen LogP contribution in [-0.4, -0.2) is 60.3 Å². The molecule has 8 heteroatoms. The largest absolute Gasteiger partial charge is 0.481 e. The van der Waals surface area contributed by atoms with E-state index < -0.39 is 12.1 Å². The molecule has 33 heavy (non-hydrogen) atoms. The second kappa shape index (κ2) is 12.6. The Kier molecular flexibility index (Phi) is 9.58. The third kappa shape index (κ3) is 7.47. The zero-order valence-electron chi connectivity index (χ0n) is 19.3. The molecule has 7 unspecified atom stereocenters. The molecule has 0 radical (unpaired) electrons. The van der Waals surface area contributed by atoms with Gasteiger partial charge in [-0.3, -0.25) is 4.79 Å². The van der Waals surface area contributed by atoms with Crippen LogP contribution in [-0.2, 0) is 30.2 Å². The summed E-state index contributed by atoms with van der Waals surface area (Å²) in [7, 11) is 0. The number of carboxylic acid groups (broad SMARTS) is 1. The Morgan fingerprint density at radius 3 is 2.52 bits per heavy atom. The van der Waals surface area contributed by atoms with Gasteiger partial charge >= 0.3 is 5.97 Å². The molecule has 2 N–H and O–H groups in total. The summed E-state index contributed by atoms with van der Waals surface area (Å²) in [6, 6.07) is 4.18. The van der Waals surface area contributed by atoms with E-state index in [9.17, 15) is 15.0 Å². The minimum absolute atomic E-state index is 0.0125. The van der Waals surface area contributed by atoms with Crippen molar-refractivity contribution in [3.8, 4) is 0 Å². The number of thiophene rings is 1. The first kappa shape index (κ1) is 25.1. The van der Waals surface area contributed by atoms with Crippen molar-refractivity contribution in [1.29, 1.82) is 0 Å². The van der Waals surface area contributed by atoms with Crippen LogP contribution in [0.1, 0.15) is 69.1 Å². The Bertz CT molecular complexity index is 700. The van der Waals surface area contributed by atoms with Crippen LogP contribution in [0.3, 0.4) is 0 Å². The number of carbonyl (C=O) groups is 1. The van der Waals surface area contributed by atoms with Crippen LogP contribution in [0.4, 0.5) is 0 Å². The van der Waals surface area contributed by atoms with E-state index >= 15 is 0 Å². The van der Waals surface area contributed by atoms with Gasteiger partial charge in [-0.05, 0) is 68.7 Å². The van der Waals surface area contributed by atoms with Crippen molar-refractivity contribution >= 4 is 17.3 Å². The highest BCUT2D eigenvalue weighted by Crippen LogP contribution is 2.41. The Morgan fingerprint density at radius 2 is 1.88 bits per heavy atom. The second-order valence-electron chi connectivity index (χ2n) is 9.61. The lowest BCUT2D eigenvalue weighted by atomic mass is 9.86. The van der Waals surface area contributed by atoms with E-state index in [1.54, 1.807) is 11.3 Å². The molecule has 7 nitrogen and oxygen atoms in total. The summed E-state index contributed by atoms with van der Waals surface area (Å²) in [6.45, 7) is 1.43. The summed E-state index contributed by atoms with van der Waals surface area (Å²) in [5.41, 5.74) is 0. The molecular weight excluding hydrogens is 444 g/mol. The number of aliphatic hydroxyl groups excluding tert-OH is 1. The third-order valence-electron chi connectivity index (χ3n) is 7.18. The maximum absolute atomic E-state index is 11.5. The average molecular weight is 483 g/mol. The Morgan fingerprint density at radius 1 is 1.12 bits per heavy atom. The first-order valence-electron chi connectivity index (χ1n) is 12.5. The van der Waals surface area contributed by atoms with Crippen molar-refractivity contribution in [1.82, 2.24) is 0 Å². The van der Waals surface area contributed by atoms with Gasteiger partial charge in [-0.25, -0.2) is 0 Å². The molecular formula is C25H38O7S. The molecule has 3 heterocycles. The van der Waals surface area contributed by atoms with Crippen LogP contribution in [0.15, 0.2) is 17.5 Å². The molecule has 3 fully saturated rings. The van der Waals surface area contributed by atoms with Gasteiger partial charge in [-0.15, -0.1) is 11.3 Å². The van der Waals surface area contributed by atoms with Crippen LogP contribution >= 0.6 is 11.3 Å². The number of rotatable bonds is 11. The van der Waals surface area contributed by atoms with Crippen molar-refractivity contribution < 1.29 is 34.0 Å². The maximum Gasteiger partial charge on any atom is 0.303 e. The normalized spacial score (nSPS) is 33.7. The molecule has 1 saturated carbocycles. The van der Waals surface area contributed by atoms with Crippen LogP contribution in [0.25, 0.3) is 0 Å². The molecule has 0 aromatic carbocycles. The predicted molar refractivity (Wildman–Crippen MR) is 124 cm³/mol. The van der Waals surface area contributed by atoms with E-state index in [0.29, 0.717) is 13.0 Å². The lowest BCUT2D eigenvalue weighted by Crippen LogP contribution is -2.33. The van der Waals surface area contributed by atoms with Crippen molar-refractivity contribution in [3.63, 3.8) is 0 Å². The molecule has 0 spiro atoms. The fourth-order valence-corrected chi connectivity index (χ4v) is 6.26. The zero-order chi connectivity index (χ0) is 23.0. The molecule has 0 bridgehead atoms. The van der Waals surface area contributed by atoms with Crippen molar-refractivity contribution in [3.05, 3.63) is 22.4 Å². The molecule has 1 aliphatic carbocycles. The van der Waals surface area contributed by atoms with Crippen LogP contribution in [0, 0.1) is 11.8 Å². The Hall–Kier alpha value is -1.03. The van der Waals surface area contributed by atoms with Gasteiger partial charge in [0.1, 0.15) is 0 Å². The summed E-state index contributed by atoms with van der Waals surface area (Å²) in [5.74, 6) is -1.23. The smallest absolute Gasteiger partial charge is 0.303 e. The summed E-state index contributed by atoms with van der Waals surface area (Å²) >= 11 is 1.72. The van der Waals surface area contributed by atoms with E-state index in [-0.39, 0.29) is 43.0 Å². The molecule has 7 atom stereocenters. The summed E-state index contributed by atoms with van der Waals surface area (Å²) in [5, 5.41) is 22.3. The van der Waals surface area contributed by atoms with Gasteiger partial charge in [-0.1, -0.05) is 6.07 Å². The lowest BCUT2D eigenvalue weighted by molar-refractivity contribution is -0.200. The molecule has 4 rings (SSSR count). The minimum atomic E-state index is -0.874. The van der Waals surface area contributed by atoms with Gasteiger partial charge in [0.05, 0.1) is 24.7 Å². The fraction of sp³-hybridized carbons (Fsp3) is 0.800. The molecule has 186 valence electrons. The quantitative estimate of drug-likeness (QED) is 0.484. The van der Waals surface area contributed by atoms with Gasteiger partial charge in [0.15, 0.2) is 12.6 Å². The van der Waals surface area contributed by atoms with Gasteiger partial charge < -0.3 is 29.2 Å². The SMILES string of the molecule is O=C(O)CC1C(O)CC(OC2CCCCO2)C1CCC(Cc1cccs1)OC1CCCCO1. The fourth-order valence-electron chi connectivity index (χ4n) is 5.49. The van der Waals surface area contributed by atoms with Crippen molar-refractivity contribution in [2.45, 2.75) is 102 Å². The molecule has 1 aromatic rings. The average Bonchev–Trinajstić information content (AvgIpc) is 3.41. The highest BCUT2D eigenvalue weighted by atomic mass is 32.1. The van der Waals surface area contributed by atoms with Gasteiger partial charge in [-0.2, -0.15) is 0 Å². The first-order valence-corrected chi connectivity index (χ1v) is 13.4. The van der Waals surface area contributed by atoms with Gasteiger partial charge in [0.2, 0.25) is 0 Å². The van der Waals surface area contributed by atoms with Crippen LogP contribution in [0.5, 0.6) is 0 Å². The number of aliphatic carboxylic acids is 1. The summed E-state index contributed by atoms with van der Waals surface area (Å²) in [6.07, 6.45) is 7.53. The summed E-state index contributed by atoms with van der Waals surface area (Å²) < 4.78 is 24.3. The molecule has 2 saturated heterocycles. The minimum Gasteiger partial charge on any atom is -0.481 e.